The van der Waals surface area contributed by atoms with Gasteiger partial charge in [0, 0.05) is 5.56 Å². The molecular weight excluding hydrogens is 346 g/mol. The standard InChI is InChI=1S/C19H23N5OS/c20-14-19(10-6-1-2-7-11-19)23-17(25)13-26-18-22-16(12-24(18)21)15-8-4-3-5-9-15/h3-5,8-9,12H,1-2,6-7,10-11,13,21H2,(H,23,25). The van der Waals surface area contributed by atoms with Crippen LogP contribution in [-0.2, 0) is 4.79 Å². The Balaban J connectivity index is 1.61. The lowest BCUT2D eigenvalue weighted by atomic mass is 9.92. The molecule has 1 aromatic carbocycles. The lowest BCUT2D eigenvalue weighted by molar-refractivity contribution is -0.120. The first-order chi connectivity index (χ1) is 12.6. The summed E-state index contributed by atoms with van der Waals surface area (Å²) < 4.78 is 1.44. The van der Waals surface area contributed by atoms with Crippen molar-refractivity contribution in [2.45, 2.75) is 49.2 Å². The molecule has 1 aliphatic rings. The Labute approximate surface area is 157 Å². The van der Waals surface area contributed by atoms with Gasteiger partial charge in [0.15, 0.2) is 5.16 Å². The van der Waals surface area contributed by atoms with Crippen molar-refractivity contribution in [1.29, 1.82) is 5.26 Å². The molecule has 0 bridgehead atoms. The van der Waals surface area contributed by atoms with E-state index in [4.69, 9.17) is 5.84 Å². The topological polar surface area (TPSA) is 96.7 Å². The number of hydrogen-bond donors (Lipinski definition) is 2. The fourth-order valence-corrected chi connectivity index (χ4v) is 3.96. The number of hydrogen-bond acceptors (Lipinski definition) is 5. The number of aromatic nitrogens is 2. The van der Waals surface area contributed by atoms with Crippen LogP contribution in [0.15, 0.2) is 41.7 Å². The number of amides is 1. The molecule has 1 aliphatic carbocycles. The second-order valence-corrected chi connectivity index (χ2v) is 7.57. The highest BCUT2D eigenvalue weighted by Gasteiger charge is 2.32. The molecule has 0 radical (unpaired) electrons. The lowest BCUT2D eigenvalue weighted by Crippen LogP contribution is -2.47. The summed E-state index contributed by atoms with van der Waals surface area (Å²) in [6, 6.07) is 12.1. The minimum Gasteiger partial charge on any atom is -0.337 e. The van der Waals surface area contributed by atoms with Crippen molar-refractivity contribution in [2.24, 2.45) is 0 Å². The normalized spacial score (nSPS) is 16.4. The third-order valence-corrected chi connectivity index (χ3v) is 5.62. The zero-order chi connectivity index (χ0) is 18.4. The highest BCUT2D eigenvalue weighted by Crippen LogP contribution is 2.27. The number of nitrogens with two attached hydrogens (primary N) is 1. The Morgan fingerprint density at radius 3 is 2.62 bits per heavy atom. The fourth-order valence-electron chi connectivity index (χ4n) is 3.26. The van der Waals surface area contributed by atoms with Gasteiger partial charge in [0.2, 0.25) is 5.91 Å². The van der Waals surface area contributed by atoms with Crippen molar-refractivity contribution in [3.63, 3.8) is 0 Å². The molecule has 1 heterocycles. The Hall–Kier alpha value is -2.46. The Morgan fingerprint density at radius 1 is 1.27 bits per heavy atom. The monoisotopic (exact) mass is 369 g/mol. The minimum absolute atomic E-state index is 0.150. The summed E-state index contributed by atoms with van der Waals surface area (Å²) >= 11 is 1.28. The van der Waals surface area contributed by atoms with Gasteiger partial charge in [-0.3, -0.25) is 4.79 Å². The average molecular weight is 369 g/mol. The molecule has 26 heavy (non-hydrogen) atoms. The van der Waals surface area contributed by atoms with Gasteiger partial charge in [0.25, 0.3) is 0 Å². The Morgan fingerprint density at radius 2 is 1.96 bits per heavy atom. The van der Waals surface area contributed by atoms with Crippen molar-refractivity contribution in [2.75, 3.05) is 11.6 Å². The van der Waals surface area contributed by atoms with E-state index in [0.29, 0.717) is 5.16 Å². The van der Waals surface area contributed by atoms with Gasteiger partial charge >= 0.3 is 0 Å². The molecule has 6 nitrogen and oxygen atoms in total. The molecule has 0 aliphatic heterocycles. The van der Waals surface area contributed by atoms with Crippen molar-refractivity contribution >= 4 is 17.7 Å². The number of thioether (sulfide) groups is 1. The number of nitriles is 1. The zero-order valence-corrected chi connectivity index (χ0v) is 15.5. The minimum atomic E-state index is -0.721. The van der Waals surface area contributed by atoms with Crippen molar-refractivity contribution < 1.29 is 4.79 Å². The summed E-state index contributed by atoms with van der Waals surface area (Å²) in [4.78, 5) is 16.9. The van der Waals surface area contributed by atoms with Crippen LogP contribution in [0.1, 0.15) is 38.5 Å². The second kappa shape index (κ2) is 8.28. The molecule has 7 heteroatoms. The molecule has 136 valence electrons. The number of nitrogen functional groups attached to an aromatic ring is 1. The van der Waals surface area contributed by atoms with Crippen LogP contribution in [-0.4, -0.2) is 26.9 Å². The van der Waals surface area contributed by atoms with Crippen molar-refractivity contribution in [3.8, 4) is 17.3 Å². The maximum atomic E-state index is 12.4. The van der Waals surface area contributed by atoms with Gasteiger partial charge in [-0.25, -0.2) is 9.66 Å². The molecule has 3 rings (SSSR count). The van der Waals surface area contributed by atoms with Crippen LogP contribution < -0.4 is 11.2 Å². The quantitative estimate of drug-likeness (QED) is 0.479. The number of carbonyl (C=O) groups excluding carboxylic acids is 1. The fraction of sp³-hybridized carbons (Fsp3) is 0.421. The number of benzene rings is 1. The first-order valence-corrected chi connectivity index (χ1v) is 9.85. The molecule has 0 saturated heterocycles. The number of rotatable bonds is 5. The molecular formula is C19H23N5OS. The predicted molar refractivity (Wildman–Crippen MR) is 103 cm³/mol. The molecule has 2 aromatic rings. The molecule has 1 amide bonds. The second-order valence-electron chi connectivity index (χ2n) is 6.63. The summed E-state index contributed by atoms with van der Waals surface area (Å²) in [5.74, 6) is 6.01. The van der Waals surface area contributed by atoms with Crippen molar-refractivity contribution in [1.82, 2.24) is 15.0 Å². The smallest absolute Gasteiger partial charge is 0.231 e. The van der Waals surface area contributed by atoms with E-state index in [1.807, 2.05) is 30.3 Å². The zero-order valence-electron chi connectivity index (χ0n) is 14.6. The van der Waals surface area contributed by atoms with E-state index in [1.54, 1.807) is 6.20 Å². The number of nitrogens with zero attached hydrogens (tertiary/aromatic N) is 3. The van der Waals surface area contributed by atoms with Gasteiger partial charge in [-0.05, 0) is 12.8 Å². The van der Waals surface area contributed by atoms with Gasteiger partial charge in [-0.1, -0.05) is 67.8 Å². The predicted octanol–water partition coefficient (Wildman–Crippen LogP) is 3.09. The summed E-state index contributed by atoms with van der Waals surface area (Å²) in [5.41, 5.74) is 1.03. The van der Waals surface area contributed by atoms with Crippen LogP contribution in [0.5, 0.6) is 0 Å². The van der Waals surface area contributed by atoms with Crippen molar-refractivity contribution in [3.05, 3.63) is 36.5 Å². The van der Waals surface area contributed by atoms with Gasteiger partial charge < -0.3 is 11.2 Å². The highest BCUT2D eigenvalue weighted by atomic mass is 32.2. The summed E-state index contributed by atoms with van der Waals surface area (Å²) in [6.07, 6.45) is 7.41. The first-order valence-electron chi connectivity index (χ1n) is 8.87. The molecule has 0 spiro atoms. The van der Waals surface area contributed by atoms with Crippen LogP contribution >= 0.6 is 11.8 Å². The lowest BCUT2D eigenvalue weighted by Gasteiger charge is -2.26. The molecule has 1 saturated carbocycles. The maximum absolute atomic E-state index is 12.4. The highest BCUT2D eigenvalue weighted by molar-refractivity contribution is 7.99. The Kier molecular flexibility index (Phi) is 5.84. The van der Waals surface area contributed by atoms with E-state index in [2.05, 4.69) is 16.4 Å². The molecule has 1 fully saturated rings. The maximum Gasteiger partial charge on any atom is 0.231 e. The third-order valence-electron chi connectivity index (χ3n) is 4.65. The van der Waals surface area contributed by atoms with E-state index in [-0.39, 0.29) is 11.7 Å². The molecule has 0 unspecified atom stereocenters. The molecule has 1 aromatic heterocycles. The first kappa shape index (κ1) is 18.3. The number of imidazole rings is 1. The summed E-state index contributed by atoms with van der Waals surface area (Å²) in [5, 5.41) is 13.1. The van der Waals surface area contributed by atoms with Gasteiger partial charge in [-0.2, -0.15) is 5.26 Å². The van der Waals surface area contributed by atoms with Crippen LogP contribution in [0.25, 0.3) is 11.3 Å². The largest absolute Gasteiger partial charge is 0.337 e. The van der Waals surface area contributed by atoms with E-state index in [9.17, 15) is 10.1 Å². The van der Waals surface area contributed by atoms with Gasteiger partial charge in [0.05, 0.1) is 23.7 Å². The molecule has 3 N–H and O–H groups in total. The van der Waals surface area contributed by atoms with Gasteiger partial charge in [0.1, 0.15) is 5.54 Å². The summed E-state index contributed by atoms with van der Waals surface area (Å²) in [7, 11) is 0. The van der Waals surface area contributed by atoms with E-state index < -0.39 is 5.54 Å². The van der Waals surface area contributed by atoms with Gasteiger partial charge in [-0.15, -0.1) is 0 Å². The van der Waals surface area contributed by atoms with Crippen LogP contribution in [0.4, 0.5) is 0 Å². The van der Waals surface area contributed by atoms with E-state index in [1.165, 1.54) is 16.4 Å². The van der Waals surface area contributed by atoms with E-state index >= 15 is 0 Å². The van der Waals surface area contributed by atoms with E-state index in [0.717, 1.165) is 49.8 Å². The molecule has 0 atom stereocenters. The Bertz CT molecular complexity index is 788. The summed E-state index contributed by atoms with van der Waals surface area (Å²) in [6.45, 7) is 0. The van der Waals surface area contributed by atoms with Crippen LogP contribution in [0, 0.1) is 11.3 Å². The average Bonchev–Trinajstić information content (AvgIpc) is 2.88. The number of carbonyl (C=O) groups is 1. The van der Waals surface area contributed by atoms with Crippen LogP contribution in [0.2, 0.25) is 0 Å². The third kappa shape index (κ3) is 4.38. The number of nitrogens with one attached hydrogen (secondary N) is 1. The SMILES string of the molecule is N#CC1(NC(=O)CSc2nc(-c3ccccc3)cn2N)CCCCCC1. The van der Waals surface area contributed by atoms with Crippen LogP contribution in [0.3, 0.4) is 0 Å².